The molecule has 0 saturated carbocycles. The minimum absolute atomic E-state index is 0.142. The first-order valence-corrected chi connectivity index (χ1v) is 9.13. The number of hydrogen-bond acceptors (Lipinski definition) is 2. The molecule has 132 valence electrons. The van der Waals surface area contributed by atoms with Crippen LogP contribution in [-0.4, -0.2) is 10.9 Å². The van der Waals surface area contributed by atoms with Crippen molar-refractivity contribution < 1.29 is 9.18 Å². The Morgan fingerprint density at radius 1 is 0.926 bits per heavy atom. The second-order valence-corrected chi connectivity index (χ2v) is 6.93. The molecule has 1 heterocycles. The lowest BCUT2D eigenvalue weighted by molar-refractivity contribution is 0.102. The molecule has 0 saturated heterocycles. The summed E-state index contributed by atoms with van der Waals surface area (Å²) in [6, 6.07) is 23.0. The lowest BCUT2D eigenvalue weighted by Gasteiger charge is -2.11. The van der Waals surface area contributed by atoms with Crippen LogP contribution in [0.1, 0.15) is 10.4 Å². The molecule has 0 aliphatic rings. The van der Waals surface area contributed by atoms with Gasteiger partial charge >= 0.3 is 0 Å². The van der Waals surface area contributed by atoms with Crippen LogP contribution >= 0.6 is 15.9 Å². The van der Waals surface area contributed by atoms with Crippen LogP contribution in [0.3, 0.4) is 0 Å². The molecule has 1 aromatic heterocycles. The van der Waals surface area contributed by atoms with Crippen LogP contribution in [0.15, 0.2) is 83.3 Å². The molecule has 4 aromatic rings. The summed E-state index contributed by atoms with van der Waals surface area (Å²) in [5, 5.41) is 3.35. The summed E-state index contributed by atoms with van der Waals surface area (Å²) in [7, 11) is 0. The molecular weight excluding hydrogens is 407 g/mol. The van der Waals surface area contributed by atoms with Crippen molar-refractivity contribution in [2.75, 3.05) is 5.32 Å². The Hall–Kier alpha value is -3.05. The molecule has 4 rings (SSSR count). The van der Waals surface area contributed by atoms with Gasteiger partial charge < -0.3 is 5.32 Å². The largest absolute Gasteiger partial charge is 0.319 e. The van der Waals surface area contributed by atoms with Crippen molar-refractivity contribution in [3.8, 4) is 11.3 Å². The van der Waals surface area contributed by atoms with Gasteiger partial charge in [-0.15, -0.1) is 0 Å². The average molecular weight is 421 g/mol. The SMILES string of the molecule is O=C(Nc1ccccc1F)c1cc(-c2ccccc2)nc2ccc(Br)cc12. The van der Waals surface area contributed by atoms with Crippen molar-refractivity contribution in [2.45, 2.75) is 0 Å². The number of carbonyl (C=O) groups is 1. The standard InChI is InChI=1S/C22H14BrFN2O/c23-15-10-11-19-16(12-15)17(13-21(25-19)14-6-2-1-3-7-14)22(27)26-20-9-5-4-8-18(20)24/h1-13H,(H,26,27). The molecule has 27 heavy (non-hydrogen) atoms. The number of para-hydroxylation sites is 1. The number of rotatable bonds is 3. The first kappa shape index (κ1) is 17.4. The minimum Gasteiger partial charge on any atom is -0.319 e. The molecule has 0 fully saturated rings. The van der Waals surface area contributed by atoms with Crippen LogP contribution in [0.5, 0.6) is 0 Å². The Labute approximate surface area is 164 Å². The van der Waals surface area contributed by atoms with E-state index in [-0.39, 0.29) is 11.6 Å². The van der Waals surface area contributed by atoms with Gasteiger partial charge in [0.25, 0.3) is 5.91 Å². The van der Waals surface area contributed by atoms with E-state index < -0.39 is 5.82 Å². The first-order chi connectivity index (χ1) is 13.1. The second-order valence-electron chi connectivity index (χ2n) is 6.02. The minimum atomic E-state index is -0.478. The van der Waals surface area contributed by atoms with E-state index in [1.165, 1.54) is 12.1 Å². The van der Waals surface area contributed by atoms with Crippen molar-refractivity contribution in [1.29, 1.82) is 0 Å². The van der Waals surface area contributed by atoms with Gasteiger partial charge in [-0.05, 0) is 36.4 Å². The second kappa shape index (κ2) is 7.29. The highest BCUT2D eigenvalue weighted by Crippen LogP contribution is 2.28. The summed E-state index contributed by atoms with van der Waals surface area (Å²) in [5.41, 5.74) is 2.86. The Kier molecular flexibility index (Phi) is 4.69. The number of fused-ring (bicyclic) bond motifs is 1. The Morgan fingerprint density at radius 2 is 1.67 bits per heavy atom. The van der Waals surface area contributed by atoms with Crippen LogP contribution in [0.4, 0.5) is 10.1 Å². The quantitative estimate of drug-likeness (QED) is 0.437. The maximum atomic E-state index is 14.0. The average Bonchev–Trinajstić information content (AvgIpc) is 2.69. The van der Waals surface area contributed by atoms with Crippen LogP contribution in [0.25, 0.3) is 22.2 Å². The summed E-state index contributed by atoms with van der Waals surface area (Å²) in [5.74, 6) is -0.864. The topological polar surface area (TPSA) is 42.0 Å². The molecule has 1 N–H and O–H groups in total. The highest BCUT2D eigenvalue weighted by atomic mass is 79.9. The van der Waals surface area contributed by atoms with Crippen molar-refractivity contribution in [2.24, 2.45) is 0 Å². The summed E-state index contributed by atoms with van der Waals surface area (Å²) >= 11 is 3.44. The van der Waals surface area contributed by atoms with Crippen LogP contribution in [-0.2, 0) is 0 Å². The van der Waals surface area contributed by atoms with Crippen LogP contribution < -0.4 is 5.32 Å². The molecule has 0 aliphatic carbocycles. The van der Waals surface area contributed by atoms with Crippen LogP contribution in [0.2, 0.25) is 0 Å². The molecule has 5 heteroatoms. The zero-order valence-corrected chi connectivity index (χ0v) is 15.7. The fourth-order valence-electron chi connectivity index (χ4n) is 2.89. The lowest BCUT2D eigenvalue weighted by atomic mass is 10.0. The van der Waals surface area contributed by atoms with E-state index in [9.17, 15) is 9.18 Å². The van der Waals surface area contributed by atoms with E-state index in [2.05, 4.69) is 26.2 Å². The van der Waals surface area contributed by atoms with Gasteiger partial charge in [0.15, 0.2) is 0 Å². The van der Waals surface area contributed by atoms with Crippen molar-refractivity contribution >= 4 is 38.4 Å². The van der Waals surface area contributed by atoms with Crippen LogP contribution in [0, 0.1) is 5.82 Å². The fraction of sp³-hybridized carbons (Fsp3) is 0. The van der Waals surface area contributed by atoms with E-state index in [4.69, 9.17) is 0 Å². The Morgan fingerprint density at radius 3 is 2.44 bits per heavy atom. The summed E-state index contributed by atoms with van der Waals surface area (Å²) < 4.78 is 14.8. The molecule has 0 spiro atoms. The van der Waals surface area contributed by atoms with Gasteiger partial charge in [-0.25, -0.2) is 9.37 Å². The number of nitrogens with one attached hydrogen (secondary N) is 1. The molecule has 0 unspecified atom stereocenters. The molecule has 0 radical (unpaired) electrons. The number of hydrogen-bond donors (Lipinski definition) is 1. The highest BCUT2D eigenvalue weighted by Gasteiger charge is 2.16. The zero-order chi connectivity index (χ0) is 18.8. The molecule has 0 bridgehead atoms. The highest BCUT2D eigenvalue weighted by molar-refractivity contribution is 9.10. The fourth-order valence-corrected chi connectivity index (χ4v) is 3.26. The first-order valence-electron chi connectivity index (χ1n) is 8.33. The zero-order valence-electron chi connectivity index (χ0n) is 14.1. The van der Waals surface area contributed by atoms with Gasteiger partial charge in [0.2, 0.25) is 0 Å². The molecule has 1 amide bonds. The van der Waals surface area contributed by atoms with Crippen molar-refractivity contribution in [1.82, 2.24) is 4.98 Å². The smallest absolute Gasteiger partial charge is 0.256 e. The van der Waals surface area contributed by atoms with E-state index in [0.717, 1.165) is 10.0 Å². The lowest BCUT2D eigenvalue weighted by Crippen LogP contribution is -2.14. The van der Waals surface area contributed by atoms with Gasteiger partial charge in [0, 0.05) is 15.4 Å². The van der Waals surface area contributed by atoms with Gasteiger partial charge in [-0.2, -0.15) is 0 Å². The summed E-state index contributed by atoms with van der Waals surface area (Å²) in [4.78, 5) is 17.6. The number of amides is 1. The Balaban J connectivity index is 1.85. The van der Waals surface area contributed by atoms with Crippen molar-refractivity contribution in [3.05, 3.63) is 94.7 Å². The maximum Gasteiger partial charge on any atom is 0.256 e. The number of halogens is 2. The molecular formula is C22H14BrFN2O. The van der Waals surface area contributed by atoms with Gasteiger partial charge in [-0.1, -0.05) is 58.4 Å². The normalized spacial score (nSPS) is 10.7. The molecule has 3 nitrogen and oxygen atoms in total. The predicted octanol–water partition coefficient (Wildman–Crippen LogP) is 6.06. The number of pyridine rings is 1. The van der Waals surface area contributed by atoms with E-state index in [1.54, 1.807) is 18.2 Å². The number of benzene rings is 3. The van der Waals surface area contributed by atoms with E-state index in [1.807, 2.05) is 48.5 Å². The maximum absolute atomic E-state index is 14.0. The third-order valence-electron chi connectivity index (χ3n) is 4.21. The molecule has 0 aliphatic heterocycles. The third-order valence-corrected chi connectivity index (χ3v) is 4.70. The number of anilines is 1. The number of nitrogens with zero attached hydrogens (tertiary/aromatic N) is 1. The van der Waals surface area contributed by atoms with Gasteiger partial charge in [-0.3, -0.25) is 4.79 Å². The molecule has 0 atom stereocenters. The monoisotopic (exact) mass is 420 g/mol. The summed E-state index contributed by atoms with van der Waals surface area (Å²) in [6.45, 7) is 0. The van der Waals surface area contributed by atoms with Gasteiger partial charge in [0.1, 0.15) is 5.82 Å². The number of carbonyl (C=O) groups excluding carboxylic acids is 1. The number of aromatic nitrogens is 1. The summed E-state index contributed by atoms with van der Waals surface area (Å²) in [6.07, 6.45) is 0. The van der Waals surface area contributed by atoms with Crippen molar-refractivity contribution in [3.63, 3.8) is 0 Å². The third kappa shape index (κ3) is 3.59. The Bertz CT molecular complexity index is 1150. The van der Waals surface area contributed by atoms with E-state index in [0.29, 0.717) is 22.2 Å². The predicted molar refractivity (Wildman–Crippen MR) is 109 cm³/mol. The van der Waals surface area contributed by atoms with E-state index >= 15 is 0 Å². The molecule has 3 aromatic carbocycles. The van der Waals surface area contributed by atoms with Gasteiger partial charge in [0.05, 0.1) is 22.5 Å².